The van der Waals surface area contributed by atoms with Crippen molar-refractivity contribution in [3.8, 4) is 5.75 Å². The molecule has 0 bridgehead atoms. The fourth-order valence-electron chi connectivity index (χ4n) is 3.14. The summed E-state index contributed by atoms with van der Waals surface area (Å²) >= 11 is 6.15. The van der Waals surface area contributed by atoms with Gasteiger partial charge in [-0.05, 0) is 48.7 Å². The Morgan fingerprint density at radius 2 is 1.92 bits per heavy atom. The maximum Gasteiger partial charge on any atom is 0.247 e. The van der Waals surface area contributed by atoms with Crippen molar-refractivity contribution >= 4 is 29.1 Å². The molecule has 1 atom stereocenters. The highest BCUT2D eigenvalue weighted by molar-refractivity contribution is 6.31. The van der Waals surface area contributed by atoms with E-state index in [2.05, 4.69) is 5.32 Å². The summed E-state index contributed by atoms with van der Waals surface area (Å²) in [6, 6.07) is 14.0. The van der Waals surface area contributed by atoms with E-state index in [0.29, 0.717) is 23.7 Å². The van der Waals surface area contributed by atoms with Gasteiger partial charge in [-0.2, -0.15) is 0 Å². The minimum atomic E-state index is -0.452. The highest BCUT2D eigenvalue weighted by Crippen LogP contribution is 2.23. The number of halogens is 1. The van der Waals surface area contributed by atoms with Gasteiger partial charge in [-0.1, -0.05) is 29.8 Å². The lowest BCUT2D eigenvalue weighted by molar-refractivity contribution is -0.136. The van der Waals surface area contributed by atoms with Crippen LogP contribution >= 0.6 is 11.6 Å². The smallest absolute Gasteiger partial charge is 0.247 e. The maximum absolute atomic E-state index is 12.7. The quantitative estimate of drug-likeness (QED) is 0.873. The molecule has 1 heterocycles. The van der Waals surface area contributed by atoms with E-state index in [9.17, 15) is 9.59 Å². The van der Waals surface area contributed by atoms with Gasteiger partial charge in [0.05, 0.1) is 13.5 Å². The largest absolute Gasteiger partial charge is 0.497 e. The molecule has 26 heavy (non-hydrogen) atoms. The molecule has 1 aliphatic rings. The summed E-state index contributed by atoms with van der Waals surface area (Å²) in [6.45, 7) is 0.587. The minimum absolute atomic E-state index is 0.0783. The van der Waals surface area contributed by atoms with Crippen LogP contribution in [0.2, 0.25) is 5.02 Å². The Bertz CT molecular complexity index is 792. The molecule has 0 aliphatic carbocycles. The molecule has 2 amide bonds. The molecule has 0 spiro atoms. The Balaban J connectivity index is 1.65. The van der Waals surface area contributed by atoms with Crippen LogP contribution in [-0.2, 0) is 16.0 Å². The summed E-state index contributed by atoms with van der Waals surface area (Å²) < 4.78 is 5.11. The first-order valence-electron chi connectivity index (χ1n) is 8.56. The summed E-state index contributed by atoms with van der Waals surface area (Å²) in [4.78, 5) is 27.0. The molecule has 2 aromatic rings. The zero-order valence-corrected chi connectivity index (χ0v) is 15.3. The van der Waals surface area contributed by atoms with Crippen molar-refractivity contribution in [1.29, 1.82) is 0 Å². The molecular weight excluding hydrogens is 352 g/mol. The fourth-order valence-corrected chi connectivity index (χ4v) is 3.35. The second kappa shape index (κ2) is 8.23. The summed E-state index contributed by atoms with van der Waals surface area (Å²) in [5.74, 6) is 0.478. The molecule has 0 aromatic heterocycles. The number of anilines is 1. The molecule has 5 nitrogen and oxygen atoms in total. The summed E-state index contributed by atoms with van der Waals surface area (Å²) in [5, 5.41) is 3.45. The third kappa shape index (κ3) is 4.17. The zero-order chi connectivity index (χ0) is 18.5. The van der Waals surface area contributed by atoms with Crippen LogP contribution in [0.5, 0.6) is 5.75 Å². The highest BCUT2D eigenvalue weighted by Gasteiger charge is 2.34. The SMILES string of the molecule is COc1ccc(NC(=O)C2CCCN2C(=O)Cc2ccccc2Cl)cc1. The number of likely N-dealkylation sites (tertiary alicyclic amines) is 1. The third-order valence-electron chi connectivity index (χ3n) is 4.53. The van der Waals surface area contributed by atoms with Crippen molar-refractivity contribution in [2.24, 2.45) is 0 Å². The van der Waals surface area contributed by atoms with Crippen LogP contribution in [0.4, 0.5) is 5.69 Å². The Morgan fingerprint density at radius 1 is 1.19 bits per heavy atom. The summed E-state index contributed by atoms with van der Waals surface area (Å²) in [7, 11) is 1.59. The predicted octanol–water partition coefficient (Wildman–Crippen LogP) is 3.52. The van der Waals surface area contributed by atoms with Gasteiger partial charge >= 0.3 is 0 Å². The zero-order valence-electron chi connectivity index (χ0n) is 14.6. The first-order valence-corrected chi connectivity index (χ1v) is 8.94. The monoisotopic (exact) mass is 372 g/mol. The average Bonchev–Trinajstić information content (AvgIpc) is 3.14. The number of benzene rings is 2. The predicted molar refractivity (Wildman–Crippen MR) is 102 cm³/mol. The lowest BCUT2D eigenvalue weighted by atomic mass is 10.1. The standard InChI is InChI=1S/C20H21ClN2O3/c1-26-16-10-8-15(9-11-16)22-20(25)18-7-4-12-23(18)19(24)13-14-5-2-3-6-17(14)21/h2-3,5-6,8-11,18H,4,7,12-13H2,1H3,(H,22,25). The van der Waals surface area contributed by atoms with Crippen molar-refractivity contribution in [3.63, 3.8) is 0 Å². The Kier molecular flexibility index (Phi) is 5.78. The van der Waals surface area contributed by atoms with Gasteiger partial charge in [0.25, 0.3) is 0 Å². The first-order chi connectivity index (χ1) is 12.6. The number of carbonyl (C=O) groups is 2. The van der Waals surface area contributed by atoms with Crippen molar-refractivity contribution in [3.05, 3.63) is 59.1 Å². The van der Waals surface area contributed by atoms with Crippen LogP contribution < -0.4 is 10.1 Å². The van der Waals surface area contributed by atoms with E-state index in [-0.39, 0.29) is 18.2 Å². The number of methoxy groups -OCH3 is 1. The van der Waals surface area contributed by atoms with Gasteiger partial charge in [0.2, 0.25) is 11.8 Å². The summed E-state index contributed by atoms with van der Waals surface area (Å²) in [6.07, 6.45) is 1.68. The van der Waals surface area contributed by atoms with E-state index in [1.807, 2.05) is 18.2 Å². The molecule has 6 heteroatoms. The van der Waals surface area contributed by atoms with E-state index in [4.69, 9.17) is 16.3 Å². The molecule has 0 radical (unpaired) electrons. The first kappa shape index (κ1) is 18.3. The normalized spacial score (nSPS) is 16.4. The fraction of sp³-hybridized carbons (Fsp3) is 0.300. The molecule has 3 rings (SSSR count). The lowest BCUT2D eigenvalue weighted by Crippen LogP contribution is -2.43. The lowest BCUT2D eigenvalue weighted by Gasteiger charge is -2.24. The topological polar surface area (TPSA) is 58.6 Å². The van der Waals surface area contributed by atoms with Gasteiger partial charge in [0.1, 0.15) is 11.8 Å². The van der Waals surface area contributed by atoms with E-state index in [0.717, 1.165) is 17.7 Å². The van der Waals surface area contributed by atoms with Gasteiger partial charge in [-0.3, -0.25) is 9.59 Å². The van der Waals surface area contributed by atoms with Gasteiger partial charge in [0.15, 0.2) is 0 Å². The number of ether oxygens (including phenoxy) is 1. The Hall–Kier alpha value is -2.53. The van der Waals surface area contributed by atoms with Gasteiger partial charge in [-0.15, -0.1) is 0 Å². The van der Waals surface area contributed by atoms with Crippen LogP contribution in [0, 0.1) is 0 Å². The molecular formula is C20H21ClN2O3. The Labute approximate surface area is 157 Å². The summed E-state index contributed by atoms with van der Waals surface area (Å²) in [5.41, 5.74) is 1.46. The van der Waals surface area contributed by atoms with E-state index in [1.54, 1.807) is 42.3 Å². The van der Waals surface area contributed by atoms with Crippen molar-refractivity contribution < 1.29 is 14.3 Å². The molecule has 2 aromatic carbocycles. The Morgan fingerprint density at radius 3 is 2.62 bits per heavy atom. The van der Waals surface area contributed by atoms with Crippen molar-refractivity contribution in [2.45, 2.75) is 25.3 Å². The number of carbonyl (C=O) groups excluding carboxylic acids is 2. The number of nitrogens with zero attached hydrogens (tertiary/aromatic N) is 1. The van der Waals surface area contributed by atoms with Crippen molar-refractivity contribution in [1.82, 2.24) is 4.90 Å². The van der Waals surface area contributed by atoms with E-state index in [1.165, 1.54) is 0 Å². The number of hydrogen-bond donors (Lipinski definition) is 1. The molecule has 1 saturated heterocycles. The van der Waals surface area contributed by atoms with Gasteiger partial charge in [-0.25, -0.2) is 0 Å². The van der Waals surface area contributed by atoms with Crippen LogP contribution in [0.25, 0.3) is 0 Å². The molecule has 1 N–H and O–H groups in total. The maximum atomic E-state index is 12.7. The molecule has 1 fully saturated rings. The number of hydrogen-bond acceptors (Lipinski definition) is 3. The number of nitrogens with one attached hydrogen (secondary N) is 1. The van der Waals surface area contributed by atoms with Crippen LogP contribution in [0.15, 0.2) is 48.5 Å². The second-order valence-corrected chi connectivity index (χ2v) is 6.64. The molecule has 136 valence electrons. The van der Waals surface area contributed by atoms with Gasteiger partial charge < -0.3 is 15.0 Å². The van der Waals surface area contributed by atoms with Crippen LogP contribution in [0.3, 0.4) is 0 Å². The molecule has 1 unspecified atom stereocenters. The molecule has 1 aliphatic heterocycles. The van der Waals surface area contributed by atoms with Crippen LogP contribution in [0.1, 0.15) is 18.4 Å². The van der Waals surface area contributed by atoms with Crippen LogP contribution in [-0.4, -0.2) is 36.4 Å². The van der Waals surface area contributed by atoms with Crippen molar-refractivity contribution in [2.75, 3.05) is 19.0 Å². The minimum Gasteiger partial charge on any atom is -0.497 e. The van der Waals surface area contributed by atoms with Gasteiger partial charge in [0, 0.05) is 17.3 Å². The second-order valence-electron chi connectivity index (χ2n) is 6.23. The van der Waals surface area contributed by atoms with E-state index < -0.39 is 6.04 Å². The number of rotatable bonds is 5. The average molecular weight is 373 g/mol. The third-order valence-corrected chi connectivity index (χ3v) is 4.90. The molecule has 0 saturated carbocycles. The number of amides is 2. The van der Waals surface area contributed by atoms with E-state index >= 15 is 0 Å². The highest BCUT2D eigenvalue weighted by atomic mass is 35.5.